The van der Waals surface area contributed by atoms with Crippen molar-refractivity contribution in [1.82, 2.24) is 10.3 Å². The van der Waals surface area contributed by atoms with E-state index in [4.69, 9.17) is 5.11 Å². The zero-order valence-electron chi connectivity index (χ0n) is 10.4. The Morgan fingerprint density at radius 3 is 2.79 bits per heavy atom. The smallest absolute Gasteiger partial charge is 0.255 e. The maximum Gasteiger partial charge on any atom is 0.255 e. The van der Waals surface area contributed by atoms with Gasteiger partial charge in [0.05, 0.1) is 5.56 Å². The molecular weight excluding hydrogens is 244 g/mol. The van der Waals surface area contributed by atoms with Crippen molar-refractivity contribution in [3.63, 3.8) is 0 Å². The van der Waals surface area contributed by atoms with Crippen molar-refractivity contribution in [2.24, 2.45) is 0 Å². The first-order valence-corrected chi connectivity index (χ1v) is 5.77. The maximum atomic E-state index is 11.9. The highest BCUT2D eigenvalue weighted by Crippen LogP contribution is 2.22. The number of aromatic hydroxyl groups is 2. The summed E-state index contributed by atoms with van der Waals surface area (Å²) in [4.78, 5) is 15.9. The summed E-state index contributed by atoms with van der Waals surface area (Å²) in [6, 6.07) is 5.71. The van der Waals surface area contributed by atoms with E-state index >= 15 is 0 Å². The third-order valence-electron chi connectivity index (χ3n) is 2.81. The molecule has 0 saturated heterocycles. The van der Waals surface area contributed by atoms with Crippen LogP contribution in [0, 0.1) is 6.92 Å². The van der Waals surface area contributed by atoms with E-state index in [1.54, 1.807) is 12.4 Å². The van der Waals surface area contributed by atoms with Crippen LogP contribution in [0.4, 0.5) is 0 Å². The van der Waals surface area contributed by atoms with E-state index in [1.165, 1.54) is 12.1 Å². The van der Waals surface area contributed by atoms with Crippen LogP contribution in [0.15, 0.2) is 36.7 Å². The summed E-state index contributed by atoms with van der Waals surface area (Å²) in [5.41, 5.74) is 2.07. The number of aromatic nitrogens is 1. The molecule has 1 aromatic carbocycles. The average molecular weight is 258 g/mol. The molecule has 2 aromatic rings. The van der Waals surface area contributed by atoms with Crippen LogP contribution in [-0.4, -0.2) is 21.1 Å². The minimum Gasteiger partial charge on any atom is -0.508 e. The first-order valence-electron chi connectivity index (χ1n) is 5.77. The Balaban J connectivity index is 2.08. The number of hydrogen-bond donors (Lipinski definition) is 3. The quantitative estimate of drug-likeness (QED) is 0.783. The Morgan fingerprint density at radius 2 is 2.11 bits per heavy atom. The first kappa shape index (κ1) is 12.9. The summed E-state index contributed by atoms with van der Waals surface area (Å²) < 4.78 is 0. The Morgan fingerprint density at radius 1 is 1.32 bits per heavy atom. The number of nitrogens with zero attached hydrogens (tertiary/aromatic N) is 1. The Hall–Kier alpha value is -2.56. The van der Waals surface area contributed by atoms with Crippen LogP contribution in [0.25, 0.3) is 0 Å². The molecule has 1 aromatic heterocycles. The molecule has 0 radical (unpaired) electrons. The number of hydrogen-bond acceptors (Lipinski definition) is 4. The second-order valence-corrected chi connectivity index (χ2v) is 4.19. The lowest BCUT2D eigenvalue weighted by atomic mass is 10.1. The number of benzene rings is 1. The van der Waals surface area contributed by atoms with E-state index in [9.17, 15) is 9.90 Å². The van der Waals surface area contributed by atoms with Gasteiger partial charge in [-0.15, -0.1) is 0 Å². The third kappa shape index (κ3) is 3.01. The van der Waals surface area contributed by atoms with Crippen molar-refractivity contribution in [2.75, 3.05) is 0 Å². The third-order valence-corrected chi connectivity index (χ3v) is 2.81. The molecule has 1 heterocycles. The zero-order valence-corrected chi connectivity index (χ0v) is 10.4. The Labute approximate surface area is 110 Å². The monoisotopic (exact) mass is 258 g/mol. The molecule has 98 valence electrons. The fraction of sp³-hybridized carbons (Fsp3) is 0.143. The predicted molar refractivity (Wildman–Crippen MR) is 69.9 cm³/mol. The van der Waals surface area contributed by atoms with Crippen LogP contribution in [-0.2, 0) is 6.54 Å². The highest BCUT2D eigenvalue weighted by molar-refractivity contribution is 5.96. The molecule has 0 bridgehead atoms. The van der Waals surface area contributed by atoms with Crippen molar-refractivity contribution in [2.45, 2.75) is 13.5 Å². The van der Waals surface area contributed by atoms with Crippen LogP contribution in [0.1, 0.15) is 21.5 Å². The van der Waals surface area contributed by atoms with Gasteiger partial charge in [-0.05, 0) is 36.2 Å². The standard InChI is InChI=1S/C14H14N2O3/c1-9-4-5-15-7-10(9)8-16-14(19)12-3-2-11(17)6-13(12)18/h2-7,17-18H,8H2,1H3,(H,16,19). The molecule has 5 heteroatoms. The van der Waals surface area contributed by atoms with Gasteiger partial charge in [-0.2, -0.15) is 0 Å². The summed E-state index contributed by atoms with van der Waals surface area (Å²) >= 11 is 0. The molecule has 0 atom stereocenters. The van der Waals surface area contributed by atoms with Crippen LogP contribution in [0.2, 0.25) is 0 Å². The van der Waals surface area contributed by atoms with Crippen molar-refractivity contribution in [3.8, 4) is 11.5 Å². The van der Waals surface area contributed by atoms with E-state index in [0.717, 1.165) is 17.2 Å². The molecule has 0 spiro atoms. The number of pyridine rings is 1. The van der Waals surface area contributed by atoms with Gasteiger partial charge < -0.3 is 15.5 Å². The van der Waals surface area contributed by atoms with Gasteiger partial charge in [0.25, 0.3) is 5.91 Å². The highest BCUT2D eigenvalue weighted by atomic mass is 16.3. The molecule has 19 heavy (non-hydrogen) atoms. The molecule has 0 aliphatic heterocycles. The predicted octanol–water partition coefficient (Wildman–Crippen LogP) is 1.73. The number of phenols is 2. The number of nitrogens with one attached hydrogen (secondary N) is 1. The molecule has 2 rings (SSSR count). The van der Waals surface area contributed by atoms with Crippen LogP contribution >= 0.6 is 0 Å². The maximum absolute atomic E-state index is 11.9. The van der Waals surface area contributed by atoms with Gasteiger partial charge in [0, 0.05) is 25.0 Å². The summed E-state index contributed by atoms with van der Waals surface area (Å²) in [5, 5.41) is 21.4. The average Bonchev–Trinajstić information content (AvgIpc) is 2.37. The van der Waals surface area contributed by atoms with E-state index in [-0.39, 0.29) is 17.1 Å². The van der Waals surface area contributed by atoms with Gasteiger partial charge >= 0.3 is 0 Å². The molecule has 5 nitrogen and oxygen atoms in total. The molecule has 0 fully saturated rings. The minimum atomic E-state index is -0.402. The van der Waals surface area contributed by atoms with E-state index < -0.39 is 5.91 Å². The largest absolute Gasteiger partial charge is 0.508 e. The molecule has 0 unspecified atom stereocenters. The summed E-state index contributed by atoms with van der Waals surface area (Å²) in [6.45, 7) is 2.26. The van der Waals surface area contributed by atoms with E-state index in [2.05, 4.69) is 10.3 Å². The van der Waals surface area contributed by atoms with E-state index in [0.29, 0.717) is 6.54 Å². The molecule has 3 N–H and O–H groups in total. The summed E-state index contributed by atoms with van der Waals surface area (Å²) in [6.07, 6.45) is 3.37. The van der Waals surface area contributed by atoms with Crippen LogP contribution < -0.4 is 5.32 Å². The molecule has 0 aliphatic rings. The minimum absolute atomic E-state index is 0.0860. The zero-order chi connectivity index (χ0) is 13.8. The number of phenolic OH excluding ortho intramolecular Hbond substituents is 2. The fourth-order valence-electron chi connectivity index (χ4n) is 1.66. The molecule has 0 aliphatic carbocycles. The SMILES string of the molecule is Cc1ccncc1CNC(=O)c1ccc(O)cc1O. The Bertz CT molecular complexity index is 611. The normalized spacial score (nSPS) is 10.2. The number of aryl methyl sites for hydroxylation is 1. The number of amides is 1. The van der Waals surface area contributed by atoms with Crippen LogP contribution in [0.3, 0.4) is 0 Å². The van der Waals surface area contributed by atoms with Gasteiger partial charge in [0.15, 0.2) is 0 Å². The second-order valence-electron chi connectivity index (χ2n) is 4.19. The van der Waals surface area contributed by atoms with Crippen molar-refractivity contribution in [1.29, 1.82) is 0 Å². The molecular formula is C14H14N2O3. The van der Waals surface area contributed by atoms with Gasteiger partial charge in [-0.3, -0.25) is 9.78 Å². The summed E-state index contributed by atoms with van der Waals surface area (Å²) in [5.74, 6) is -0.738. The van der Waals surface area contributed by atoms with Gasteiger partial charge in [0.1, 0.15) is 11.5 Å². The van der Waals surface area contributed by atoms with Gasteiger partial charge in [-0.1, -0.05) is 0 Å². The number of carbonyl (C=O) groups is 1. The Kier molecular flexibility index (Phi) is 3.66. The van der Waals surface area contributed by atoms with Gasteiger partial charge in [-0.25, -0.2) is 0 Å². The van der Waals surface area contributed by atoms with Crippen molar-refractivity contribution in [3.05, 3.63) is 53.3 Å². The number of carbonyl (C=O) groups excluding carboxylic acids is 1. The number of rotatable bonds is 3. The van der Waals surface area contributed by atoms with Crippen molar-refractivity contribution < 1.29 is 15.0 Å². The second kappa shape index (κ2) is 5.39. The molecule has 1 amide bonds. The lowest BCUT2D eigenvalue weighted by Crippen LogP contribution is -2.23. The topological polar surface area (TPSA) is 82.5 Å². The first-order chi connectivity index (χ1) is 9.08. The summed E-state index contributed by atoms with van der Waals surface area (Å²) in [7, 11) is 0. The lowest BCUT2D eigenvalue weighted by molar-refractivity contribution is 0.0948. The highest BCUT2D eigenvalue weighted by Gasteiger charge is 2.11. The van der Waals surface area contributed by atoms with Gasteiger partial charge in [0.2, 0.25) is 0 Å². The lowest BCUT2D eigenvalue weighted by Gasteiger charge is -2.08. The fourth-order valence-corrected chi connectivity index (χ4v) is 1.66. The van der Waals surface area contributed by atoms with Crippen LogP contribution in [0.5, 0.6) is 11.5 Å². The molecule has 0 saturated carbocycles. The van der Waals surface area contributed by atoms with Crippen molar-refractivity contribution >= 4 is 5.91 Å². The van der Waals surface area contributed by atoms with E-state index in [1.807, 2.05) is 13.0 Å².